The van der Waals surface area contributed by atoms with Crippen LogP contribution in [-0.4, -0.2) is 24.4 Å². The zero-order valence-corrected chi connectivity index (χ0v) is 16.3. The number of nitriles is 1. The number of anilines is 1. The van der Waals surface area contributed by atoms with Gasteiger partial charge < -0.3 is 14.0 Å². The first kappa shape index (κ1) is 19.3. The third kappa shape index (κ3) is 3.65. The Morgan fingerprint density at radius 1 is 1.18 bits per heavy atom. The van der Waals surface area contributed by atoms with Gasteiger partial charge in [-0.25, -0.2) is 4.79 Å². The van der Waals surface area contributed by atoms with Crippen molar-refractivity contribution in [1.82, 2.24) is 4.57 Å². The van der Waals surface area contributed by atoms with E-state index in [1.165, 1.54) is 0 Å². The predicted octanol–water partition coefficient (Wildman–Crippen LogP) is 5.17. The maximum atomic E-state index is 11.7. The number of nitrogens with zero attached hydrogens (tertiary/aromatic N) is 2. The molecule has 3 rings (SSSR count). The number of amides is 1. The Balaban J connectivity index is 2.01. The quantitative estimate of drug-likeness (QED) is 0.643. The van der Waals surface area contributed by atoms with Crippen LogP contribution >= 0.6 is 0 Å². The molecule has 144 valence electrons. The van der Waals surface area contributed by atoms with Crippen molar-refractivity contribution in [2.45, 2.75) is 26.8 Å². The van der Waals surface area contributed by atoms with Crippen molar-refractivity contribution in [3.8, 4) is 23.1 Å². The minimum atomic E-state index is -0.470. The summed E-state index contributed by atoms with van der Waals surface area (Å²) in [4.78, 5) is 11.7. The molecule has 2 aromatic carbocycles. The van der Waals surface area contributed by atoms with Crippen molar-refractivity contribution in [3.05, 3.63) is 48.0 Å². The maximum absolute atomic E-state index is 11.7. The van der Waals surface area contributed by atoms with E-state index in [4.69, 9.17) is 9.47 Å². The molecule has 1 aromatic heterocycles. The predicted molar refractivity (Wildman–Crippen MR) is 110 cm³/mol. The lowest BCUT2D eigenvalue weighted by atomic mass is 10.1. The minimum absolute atomic E-state index is 0.384. The van der Waals surface area contributed by atoms with Crippen molar-refractivity contribution < 1.29 is 14.3 Å². The fraction of sp³-hybridized carbons (Fsp3) is 0.273. The number of methoxy groups -OCH3 is 1. The van der Waals surface area contributed by atoms with E-state index in [2.05, 4.69) is 16.0 Å². The largest absolute Gasteiger partial charge is 0.497 e. The number of ether oxygens (including phenoxy) is 2. The van der Waals surface area contributed by atoms with Crippen molar-refractivity contribution in [1.29, 1.82) is 5.26 Å². The number of carbonyl (C=O) groups excluding carboxylic acids is 1. The van der Waals surface area contributed by atoms with Crippen LogP contribution in [0.25, 0.3) is 22.2 Å². The van der Waals surface area contributed by atoms with Gasteiger partial charge in [-0.2, -0.15) is 5.26 Å². The van der Waals surface area contributed by atoms with Gasteiger partial charge in [-0.1, -0.05) is 19.1 Å². The number of fused-ring (bicyclic) bond motifs is 1. The summed E-state index contributed by atoms with van der Waals surface area (Å²) >= 11 is 0. The molecule has 0 fully saturated rings. The van der Waals surface area contributed by atoms with Crippen LogP contribution in [0, 0.1) is 11.3 Å². The Labute approximate surface area is 164 Å². The number of aromatic nitrogens is 1. The summed E-state index contributed by atoms with van der Waals surface area (Å²) < 4.78 is 12.5. The first-order valence-electron chi connectivity index (χ1n) is 9.27. The van der Waals surface area contributed by atoms with Gasteiger partial charge in [0.05, 0.1) is 30.5 Å². The van der Waals surface area contributed by atoms with Crippen LogP contribution in [0.5, 0.6) is 5.75 Å². The van der Waals surface area contributed by atoms with Gasteiger partial charge in [-0.3, -0.25) is 5.32 Å². The van der Waals surface area contributed by atoms with E-state index in [1.54, 1.807) is 7.11 Å². The number of aryl methyl sites for hydroxylation is 1. The molecule has 3 aromatic rings. The molecule has 0 unspecified atom stereocenters. The lowest BCUT2D eigenvalue weighted by molar-refractivity contribution is 0.161. The van der Waals surface area contributed by atoms with E-state index < -0.39 is 6.09 Å². The molecule has 1 heterocycles. The highest BCUT2D eigenvalue weighted by atomic mass is 16.5. The molecule has 0 spiro atoms. The summed E-state index contributed by atoms with van der Waals surface area (Å²) in [5.41, 5.74) is 4.00. The highest BCUT2D eigenvalue weighted by molar-refractivity contribution is 5.95. The monoisotopic (exact) mass is 377 g/mol. The van der Waals surface area contributed by atoms with Gasteiger partial charge in [0.15, 0.2) is 0 Å². The molecule has 1 N–H and O–H groups in total. The Hall–Kier alpha value is -3.46. The zero-order valence-electron chi connectivity index (χ0n) is 16.3. The lowest BCUT2D eigenvalue weighted by Crippen LogP contribution is -2.13. The topological polar surface area (TPSA) is 76.3 Å². The van der Waals surface area contributed by atoms with Crippen molar-refractivity contribution in [2.24, 2.45) is 0 Å². The Bertz CT molecular complexity index is 1030. The minimum Gasteiger partial charge on any atom is -0.497 e. The smallest absolute Gasteiger partial charge is 0.411 e. The first-order valence-corrected chi connectivity index (χ1v) is 9.27. The summed E-state index contributed by atoms with van der Waals surface area (Å²) in [5.74, 6) is 0.717. The molecule has 1 amide bonds. The molecule has 0 saturated carbocycles. The Kier molecular flexibility index (Phi) is 5.85. The van der Waals surface area contributed by atoms with E-state index in [9.17, 15) is 10.1 Å². The molecule has 0 atom stereocenters. The SMILES string of the molecule is CCCOC(=O)Nc1ccc(-c2c(C#N)c3cc(OC)ccc3n2CC)cc1. The van der Waals surface area contributed by atoms with Crippen LogP contribution in [0.3, 0.4) is 0 Å². The fourth-order valence-corrected chi connectivity index (χ4v) is 3.26. The Morgan fingerprint density at radius 2 is 1.93 bits per heavy atom. The number of nitrogens with one attached hydrogen (secondary N) is 1. The molecule has 0 aliphatic carbocycles. The second kappa shape index (κ2) is 8.49. The lowest BCUT2D eigenvalue weighted by Gasteiger charge is -2.10. The highest BCUT2D eigenvalue weighted by Crippen LogP contribution is 2.35. The van der Waals surface area contributed by atoms with E-state index in [0.717, 1.165) is 35.1 Å². The van der Waals surface area contributed by atoms with Gasteiger partial charge >= 0.3 is 6.09 Å². The first-order chi connectivity index (χ1) is 13.6. The van der Waals surface area contributed by atoms with Crippen LogP contribution in [-0.2, 0) is 11.3 Å². The third-order valence-corrected chi connectivity index (χ3v) is 4.54. The molecule has 0 aliphatic heterocycles. The third-order valence-electron chi connectivity index (χ3n) is 4.54. The van der Waals surface area contributed by atoms with Crippen molar-refractivity contribution in [3.63, 3.8) is 0 Å². The van der Waals surface area contributed by atoms with Crippen LogP contribution in [0.2, 0.25) is 0 Å². The maximum Gasteiger partial charge on any atom is 0.411 e. The van der Waals surface area contributed by atoms with Gasteiger partial charge in [0.1, 0.15) is 11.8 Å². The molecular weight excluding hydrogens is 354 g/mol. The molecule has 28 heavy (non-hydrogen) atoms. The van der Waals surface area contributed by atoms with Crippen LogP contribution in [0.15, 0.2) is 42.5 Å². The van der Waals surface area contributed by atoms with Gasteiger partial charge in [-0.05, 0) is 49.2 Å². The van der Waals surface area contributed by atoms with Crippen LogP contribution in [0.1, 0.15) is 25.8 Å². The number of hydrogen-bond acceptors (Lipinski definition) is 4. The number of hydrogen-bond donors (Lipinski definition) is 1. The normalized spacial score (nSPS) is 10.5. The summed E-state index contributed by atoms with van der Waals surface area (Å²) in [5, 5.41) is 13.4. The molecule has 6 heteroatoms. The van der Waals surface area contributed by atoms with Gasteiger partial charge in [0.2, 0.25) is 0 Å². The summed E-state index contributed by atoms with van der Waals surface area (Å²) in [7, 11) is 1.61. The average molecular weight is 377 g/mol. The van der Waals surface area contributed by atoms with Gasteiger partial charge in [0, 0.05) is 17.6 Å². The molecule has 0 radical (unpaired) electrons. The van der Waals surface area contributed by atoms with Crippen LogP contribution < -0.4 is 10.1 Å². The number of rotatable bonds is 6. The number of carbonyl (C=O) groups is 1. The second-order valence-electron chi connectivity index (χ2n) is 6.30. The van der Waals surface area contributed by atoms with E-state index in [-0.39, 0.29) is 0 Å². The standard InChI is InChI=1S/C22H23N3O3/c1-4-12-28-22(26)24-16-8-6-15(7-9-16)21-19(14-23)18-13-17(27-3)10-11-20(18)25(21)5-2/h6-11,13H,4-5,12H2,1-3H3,(H,24,26). The molecule has 0 aliphatic rings. The van der Waals surface area contributed by atoms with Gasteiger partial charge in [-0.15, -0.1) is 0 Å². The van der Waals surface area contributed by atoms with Gasteiger partial charge in [0.25, 0.3) is 0 Å². The fourth-order valence-electron chi connectivity index (χ4n) is 3.26. The van der Waals surface area contributed by atoms with E-state index in [0.29, 0.717) is 23.6 Å². The molecular formula is C22H23N3O3. The summed E-state index contributed by atoms with van der Waals surface area (Å²) in [6.07, 6.45) is 0.303. The molecule has 0 saturated heterocycles. The van der Waals surface area contributed by atoms with E-state index in [1.807, 2.05) is 56.3 Å². The number of benzene rings is 2. The second-order valence-corrected chi connectivity index (χ2v) is 6.30. The van der Waals surface area contributed by atoms with E-state index >= 15 is 0 Å². The molecule has 0 bridgehead atoms. The molecule has 6 nitrogen and oxygen atoms in total. The van der Waals surface area contributed by atoms with Crippen LogP contribution in [0.4, 0.5) is 10.5 Å². The Morgan fingerprint density at radius 3 is 2.54 bits per heavy atom. The van der Waals surface area contributed by atoms with Crippen molar-refractivity contribution >= 4 is 22.7 Å². The summed E-state index contributed by atoms with van der Waals surface area (Å²) in [6.45, 7) is 5.10. The van der Waals surface area contributed by atoms with Crippen molar-refractivity contribution in [2.75, 3.05) is 19.0 Å². The highest BCUT2D eigenvalue weighted by Gasteiger charge is 2.18. The zero-order chi connectivity index (χ0) is 20.1. The summed E-state index contributed by atoms with van der Waals surface area (Å²) in [6, 6.07) is 15.5. The average Bonchev–Trinajstić information content (AvgIpc) is 3.05.